The molecule has 20 heteroatoms. The Hall–Kier alpha value is -7.56. The minimum absolute atomic E-state index is 0.100. The Balaban J connectivity index is 1.22. The van der Waals surface area contributed by atoms with Crippen molar-refractivity contribution in [1.29, 1.82) is 0 Å². The van der Waals surface area contributed by atoms with E-state index in [4.69, 9.17) is 32.7 Å². The first-order chi connectivity index (χ1) is 60.3. The summed E-state index contributed by atoms with van der Waals surface area (Å²) in [4.78, 5) is 46.3. The van der Waals surface area contributed by atoms with E-state index >= 15 is 29.5 Å². The molecule has 0 saturated carbocycles. The number of rotatable bonds is 61. The number of hydrogen-bond donors (Lipinski definition) is 8. The van der Waals surface area contributed by atoms with Crippen LogP contribution < -0.4 is 10.6 Å². The Morgan fingerprint density at radius 3 is 1.21 bits per heavy atom. The van der Waals surface area contributed by atoms with Crippen LogP contribution in [0.1, 0.15) is 265 Å². The van der Waals surface area contributed by atoms with Gasteiger partial charge in [0.05, 0.1) is 57.5 Å². The van der Waals surface area contributed by atoms with Gasteiger partial charge in [0.2, 0.25) is 17.2 Å². The molecule has 0 bridgehead atoms. The zero-order valence-electron chi connectivity index (χ0n) is 74.2. The summed E-state index contributed by atoms with van der Waals surface area (Å²) in [5, 5.41) is 91.5. The van der Waals surface area contributed by atoms with E-state index in [1.165, 1.54) is 51.0 Å². The van der Waals surface area contributed by atoms with Crippen molar-refractivity contribution in [1.82, 2.24) is 10.6 Å². The SMILES string of the molecule is C=CCO[C@H]1O[C@H](C(O)[C@@H]2O[C@H](C(O)Cc3ccccc3)[C@](O)(P(=O)(OCc3ccccc3)OCc3ccccc3)[C@@](O)(Cc3ccccc3)[C@@H]2NC(=O)CC(CCCCCCCCCCC)OC(=O)CCCCCCCCCCC)[C@](O)(Cc2ccccc2)[C@@](O)(Cc2ccccc2)[C@@H]1NC(=O)CC(CCCCCCCCCCC)OCc1ccccc1. The molecular weight excluding hydrogens is 1580 g/mol. The van der Waals surface area contributed by atoms with Crippen molar-refractivity contribution < 1.29 is 82.3 Å². The highest BCUT2D eigenvalue weighted by Gasteiger charge is 2.78. The third-order valence-electron chi connectivity index (χ3n) is 24.8. The van der Waals surface area contributed by atoms with Crippen LogP contribution in [0.25, 0.3) is 0 Å². The largest absolute Gasteiger partial charge is 0.462 e. The zero-order chi connectivity index (χ0) is 88.2. The normalized spacial score (nSPS) is 22.5. The molecule has 9 rings (SSSR count). The van der Waals surface area contributed by atoms with Crippen LogP contribution >= 0.6 is 7.60 Å². The summed E-state index contributed by atoms with van der Waals surface area (Å²) < 4.78 is 65.5. The molecule has 19 nitrogen and oxygen atoms in total. The molecule has 8 N–H and O–H groups in total. The van der Waals surface area contributed by atoms with Crippen molar-refractivity contribution in [3.8, 4) is 0 Å². The number of carbonyl (C=O) groups excluding carboxylic acids is 3. The number of unbranched alkanes of at least 4 members (excludes halogenated alkanes) is 24. The van der Waals surface area contributed by atoms with Crippen LogP contribution in [-0.2, 0) is 97.2 Å². The van der Waals surface area contributed by atoms with Crippen molar-refractivity contribution in [3.05, 3.63) is 264 Å². The molecule has 2 saturated heterocycles. The van der Waals surface area contributed by atoms with E-state index in [9.17, 15) is 20.1 Å². The van der Waals surface area contributed by atoms with Crippen molar-refractivity contribution in [2.45, 2.75) is 355 Å². The Labute approximate surface area is 739 Å². The van der Waals surface area contributed by atoms with Crippen molar-refractivity contribution in [3.63, 3.8) is 0 Å². The summed E-state index contributed by atoms with van der Waals surface area (Å²) >= 11 is 0. The number of aliphatic hydroxyl groups excluding tert-OH is 2. The van der Waals surface area contributed by atoms with E-state index in [0.717, 1.165) is 121 Å². The standard InChI is InChI=1S/C104H145N2O17P/c1-5-9-12-15-18-21-24-27-51-68-88(118-78-85-62-45-34-46-63-85)73-91(108)106-97-100(117-71-8-4)123-99(103(114,77-84-60-43-33-44-61-84)101(97,112)75-82-56-39-31-40-57-82)94(111)95-96(105-92(109)74-89(69-52-28-25-22-19-16-13-10-6-2)121-93(110)70-53-29-26-23-20-17-14-11-7-3)102(113,76-83-58-41-32-42-59-83)104(115,98(122-95)90(107)72-81-54-37-30-38-55-81)124(116,119-79-86-64-47-35-48-65-86)120-80-87-66-49-36-50-67-87/h8,30-50,54-67,88-90,94-100,107,111-115H,4-7,9-29,51-53,68-80H2,1-3H3,(H,105,109)(H,106,108)/t88?,89?,90?,94?,95-,96+,97+,98+,99+,100-,101+,102+,103+,104-/m0/s1. The topological polar surface area (TPSA) is 278 Å². The number of aliphatic hydroxyl groups is 6. The van der Waals surface area contributed by atoms with Gasteiger partial charge in [0.15, 0.2) is 6.29 Å². The summed E-state index contributed by atoms with van der Waals surface area (Å²) in [6.45, 7) is 9.49. The van der Waals surface area contributed by atoms with Crippen LogP contribution in [0.2, 0.25) is 0 Å². The number of carbonyl (C=O) groups is 3. The maximum atomic E-state index is 17.7. The molecule has 2 heterocycles. The van der Waals surface area contributed by atoms with Crippen LogP contribution in [0, 0.1) is 0 Å². The van der Waals surface area contributed by atoms with E-state index in [2.05, 4.69) is 38.0 Å². The fourth-order valence-electron chi connectivity index (χ4n) is 17.9. The fraction of sp³-hybridized carbons (Fsp3) is 0.548. The van der Waals surface area contributed by atoms with Gasteiger partial charge < -0.3 is 74.0 Å². The van der Waals surface area contributed by atoms with Gasteiger partial charge in [-0.2, -0.15) is 0 Å². The Kier molecular flexibility index (Phi) is 43.6. The average Bonchev–Trinajstić information content (AvgIpc) is 0.686. The van der Waals surface area contributed by atoms with Gasteiger partial charge in [-0.15, -0.1) is 6.58 Å². The predicted molar refractivity (Wildman–Crippen MR) is 489 cm³/mol. The smallest absolute Gasteiger partial charge is 0.368 e. The number of amides is 2. The lowest BCUT2D eigenvalue weighted by Crippen LogP contribution is -2.84. The van der Waals surface area contributed by atoms with E-state index in [-0.39, 0.29) is 44.5 Å². The Morgan fingerprint density at radius 2 is 0.782 bits per heavy atom. The van der Waals surface area contributed by atoms with Gasteiger partial charge in [-0.05, 0) is 64.6 Å². The molecular formula is C104H145N2O17P. The molecule has 678 valence electrons. The molecule has 7 aromatic rings. The molecule has 14 atom stereocenters. The quantitative estimate of drug-likeness (QED) is 0.00761. The van der Waals surface area contributed by atoms with Crippen molar-refractivity contribution >= 4 is 25.4 Å². The number of ether oxygens (including phenoxy) is 5. The number of esters is 1. The lowest BCUT2D eigenvalue weighted by atomic mass is 9.63. The summed E-state index contributed by atoms with van der Waals surface area (Å²) in [5.41, 5.74) is -5.29. The Bertz CT molecular complexity index is 4100. The van der Waals surface area contributed by atoms with E-state index in [0.29, 0.717) is 47.1 Å². The first kappa shape index (κ1) is 100. The van der Waals surface area contributed by atoms with Crippen LogP contribution in [-0.4, -0.2) is 138 Å². The summed E-state index contributed by atoms with van der Waals surface area (Å²) in [6, 6.07) is 57.9. The lowest BCUT2D eigenvalue weighted by molar-refractivity contribution is -0.361. The molecule has 2 aliphatic heterocycles. The van der Waals surface area contributed by atoms with Gasteiger partial charge in [0.1, 0.15) is 53.4 Å². The fourth-order valence-corrected chi connectivity index (χ4v) is 20.2. The maximum absolute atomic E-state index is 17.7. The van der Waals surface area contributed by atoms with Gasteiger partial charge in [-0.3, -0.25) is 18.9 Å². The molecule has 2 aliphatic rings. The number of benzene rings is 7. The van der Waals surface area contributed by atoms with E-state index in [1.54, 1.807) is 182 Å². The highest BCUT2D eigenvalue weighted by Crippen LogP contribution is 2.69. The van der Waals surface area contributed by atoms with Gasteiger partial charge in [0, 0.05) is 32.1 Å². The highest BCUT2D eigenvalue weighted by molar-refractivity contribution is 7.55. The molecule has 124 heavy (non-hydrogen) atoms. The molecule has 7 aromatic carbocycles. The second kappa shape index (κ2) is 53.9. The van der Waals surface area contributed by atoms with Crippen LogP contribution in [0.3, 0.4) is 0 Å². The lowest BCUT2D eigenvalue weighted by Gasteiger charge is -2.62. The molecule has 0 aliphatic carbocycles. The molecule has 2 amide bonds. The van der Waals surface area contributed by atoms with Gasteiger partial charge in [-0.25, -0.2) is 0 Å². The maximum Gasteiger partial charge on any atom is 0.368 e. The average molecular weight is 1730 g/mol. The number of hydrogen-bond acceptors (Lipinski definition) is 17. The highest BCUT2D eigenvalue weighted by atomic mass is 31.2. The number of nitrogens with one attached hydrogen (secondary N) is 2. The summed E-state index contributed by atoms with van der Waals surface area (Å²) in [5.74, 6) is -1.96. The minimum Gasteiger partial charge on any atom is -0.462 e. The predicted octanol–water partition coefficient (Wildman–Crippen LogP) is 19.9. The first-order valence-corrected chi connectivity index (χ1v) is 48.2. The van der Waals surface area contributed by atoms with Crippen LogP contribution in [0.4, 0.5) is 0 Å². The van der Waals surface area contributed by atoms with Gasteiger partial charge >= 0.3 is 13.6 Å². The Morgan fingerprint density at radius 1 is 0.427 bits per heavy atom. The van der Waals surface area contributed by atoms with E-state index < -0.39 is 148 Å². The zero-order valence-corrected chi connectivity index (χ0v) is 75.1. The first-order valence-electron chi connectivity index (χ1n) is 46.7. The summed E-state index contributed by atoms with van der Waals surface area (Å²) in [7, 11) is -5.69. The molecule has 4 unspecified atom stereocenters. The van der Waals surface area contributed by atoms with Crippen LogP contribution in [0.15, 0.2) is 225 Å². The third-order valence-corrected chi connectivity index (χ3v) is 27.2. The second-order valence-electron chi connectivity index (χ2n) is 34.7. The minimum atomic E-state index is -5.69. The summed E-state index contributed by atoms with van der Waals surface area (Å²) in [6.07, 6.45) is 12.6. The van der Waals surface area contributed by atoms with E-state index in [1.807, 2.05) is 30.3 Å². The monoisotopic (exact) mass is 1730 g/mol. The van der Waals surface area contributed by atoms with Crippen LogP contribution in [0.5, 0.6) is 0 Å². The van der Waals surface area contributed by atoms with Gasteiger partial charge in [0.25, 0.3) is 0 Å². The van der Waals surface area contributed by atoms with Crippen molar-refractivity contribution in [2.24, 2.45) is 0 Å². The second-order valence-corrected chi connectivity index (χ2v) is 36.9. The molecule has 0 radical (unpaired) electrons. The molecule has 0 aromatic heterocycles. The van der Waals surface area contributed by atoms with Crippen molar-refractivity contribution in [2.75, 3.05) is 6.61 Å². The molecule has 0 spiro atoms. The third kappa shape index (κ3) is 30.3. The molecule has 2 fully saturated rings. The van der Waals surface area contributed by atoms with Gasteiger partial charge in [-0.1, -0.05) is 400 Å².